The number of carbonyl (C=O) groups excluding carboxylic acids is 2. The summed E-state index contributed by atoms with van der Waals surface area (Å²) in [6.45, 7) is 0.297. The molecule has 1 aromatic heterocycles. The molecule has 11 nitrogen and oxygen atoms in total. The number of aliphatic carboxylic acids is 1. The first-order chi connectivity index (χ1) is 15.8. The summed E-state index contributed by atoms with van der Waals surface area (Å²) in [6.07, 6.45) is 2.73. The largest absolute Gasteiger partial charge is 1.00 e. The first-order valence-corrected chi connectivity index (χ1v) is 10.5. The molecule has 0 aliphatic carbocycles. The van der Waals surface area contributed by atoms with E-state index in [0.717, 1.165) is 18.3 Å². The van der Waals surface area contributed by atoms with Gasteiger partial charge < -0.3 is 22.5 Å². The standard InChI is InChI=1S/C21H24ClN5O6.Na.H/c22-15-8-7-14(11-17(15)27(32)33)16(12-21(30)31)26-20(29)13-25-19(28)6-2-4-10-24-18-5-1-3-9-23-18;;/h1,3,5,7-9,11,16H,2,4,6,10,12-13H2,(H,23,24)(H,25,28)(H,26,29)(H,30,31);;/q;+1;-1. The maximum absolute atomic E-state index is 12.2. The van der Waals surface area contributed by atoms with Crippen molar-refractivity contribution in [3.8, 4) is 0 Å². The molecule has 1 unspecified atom stereocenters. The molecule has 4 N–H and O–H groups in total. The molecule has 1 aromatic carbocycles. The zero-order valence-corrected chi connectivity index (χ0v) is 21.4. The zero-order valence-electron chi connectivity index (χ0n) is 19.6. The normalized spacial score (nSPS) is 11.0. The fourth-order valence-electron chi connectivity index (χ4n) is 2.92. The molecule has 0 aliphatic heterocycles. The Kier molecular flexibility index (Phi) is 13.1. The third-order valence-corrected chi connectivity index (χ3v) is 4.85. The number of hydrogen-bond acceptors (Lipinski definition) is 7. The van der Waals surface area contributed by atoms with Crippen molar-refractivity contribution in [1.29, 1.82) is 0 Å². The van der Waals surface area contributed by atoms with E-state index in [2.05, 4.69) is 20.9 Å². The van der Waals surface area contributed by atoms with E-state index in [1.165, 1.54) is 12.1 Å². The van der Waals surface area contributed by atoms with Gasteiger partial charge >= 0.3 is 35.5 Å². The van der Waals surface area contributed by atoms with E-state index in [-0.39, 0.29) is 60.4 Å². The van der Waals surface area contributed by atoms with Crippen LogP contribution in [0.5, 0.6) is 0 Å². The zero-order chi connectivity index (χ0) is 24.2. The van der Waals surface area contributed by atoms with Crippen LogP contribution < -0.4 is 45.5 Å². The van der Waals surface area contributed by atoms with E-state index < -0.39 is 34.9 Å². The molecule has 2 rings (SSSR count). The van der Waals surface area contributed by atoms with Crippen molar-refractivity contribution in [3.05, 3.63) is 63.3 Å². The van der Waals surface area contributed by atoms with Crippen LogP contribution in [-0.4, -0.2) is 45.9 Å². The van der Waals surface area contributed by atoms with Gasteiger partial charge in [0.2, 0.25) is 11.8 Å². The maximum Gasteiger partial charge on any atom is 1.00 e. The second-order valence-electron chi connectivity index (χ2n) is 7.06. The minimum atomic E-state index is -1.21. The molecule has 1 heterocycles. The summed E-state index contributed by atoms with van der Waals surface area (Å²) in [5.74, 6) is -1.40. The molecule has 2 aromatic rings. The topological polar surface area (TPSA) is 164 Å². The third-order valence-electron chi connectivity index (χ3n) is 4.53. The van der Waals surface area contributed by atoms with Crippen LogP contribution in [0.3, 0.4) is 0 Å². The molecule has 0 saturated carbocycles. The maximum atomic E-state index is 12.2. The quantitative estimate of drug-likeness (QED) is 0.127. The van der Waals surface area contributed by atoms with Gasteiger partial charge in [-0.1, -0.05) is 23.7 Å². The van der Waals surface area contributed by atoms with Crippen molar-refractivity contribution < 1.29 is 55.4 Å². The second kappa shape index (κ2) is 15.2. The molecule has 0 fully saturated rings. The van der Waals surface area contributed by atoms with Crippen molar-refractivity contribution in [2.24, 2.45) is 0 Å². The fourth-order valence-corrected chi connectivity index (χ4v) is 3.11. The number of carbonyl (C=O) groups is 3. The van der Waals surface area contributed by atoms with Gasteiger partial charge in [0.25, 0.3) is 5.69 Å². The van der Waals surface area contributed by atoms with E-state index in [0.29, 0.717) is 13.0 Å². The molecular weight excluding hydrogens is 477 g/mol. The summed E-state index contributed by atoms with van der Waals surface area (Å²) < 4.78 is 0. The predicted octanol–water partition coefficient (Wildman–Crippen LogP) is -0.210. The number of aromatic nitrogens is 1. The van der Waals surface area contributed by atoms with Crippen LogP contribution in [0.15, 0.2) is 42.6 Å². The van der Waals surface area contributed by atoms with Crippen LogP contribution in [0.25, 0.3) is 0 Å². The first kappa shape index (κ1) is 29.3. The van der Waals surface area contributed by atoms with E-state index in [1.807, 2.05) is 18.2 Å². The molecule has 0 saturated heterocycles. The number of nitro benzene ring substituents is 1. The Morgan fingerprint density at radius 2 is 1.94 bits per heavy atom. The number of nitro groups is 1. The molecule has 178 valence electrons. The van der Waals surface area contributed by atoms with Crippen molar-refractivity contribution in [3.63, 3.8) is 0 Å². The van der Waals surface area contributed by atoms with E-state index in [9.17, 15) is 24.5 Å². The summed E-state index contributed by atoms with van der Waals surface area (Å²) in [5, 5.41) is 28.2. The van der Waals surface area contributed by atoms with Gasteiger partial charge in [0.1, 0.15) is 10.8 Å². The number of carboxylic acids is 1. The predicted molar refractivity (Wildman–Crippen MR) is 122 cm³/mol. The smallest absolute Gasteiger partial charge is 1.00 e. The van der Waals surface area contributed by atoms with Gasteiger partial charge in [-0.3, -0.25) is 24.5 Å². The molecule has 1 atom stereocenters. The number of nitrogens with zero attached hydrogens (tertiary/aromatic N) is 2. The molecule has 0 bridgehead atoms. The van der Waals surface area contributed by atoms with Gasteiger partial charge in [-0.15, -0.1) is 0 Å². The minimum absolute atomic E-state index is 0. The van der Waals surface area contributed by atoms with Gasteiger partial charge in [-0.25, -0.2) is 4.98 Å². The number of amides is 2. The van der Waals surface area contributed by atoms with Crippen LogP contribution in [0, 0.1) is 10.1 Å². The molecule has 0 radical (unpaired) electrons. The van der Waals surface area contributed by atoms with Crippen LogP contribution in [0.1, 0.15) is 38.7 Å². The summed E-state index contributed by atoms with van der Waals surface area (Å²) >= 11 is 5.78. The third kappa shape index (κ3) is 10.5. The van der Waals surface area contributed by atoms with Crippen LogP contribution in [0.2, 0.25) is 5.02 Å². The molecular formula is C21H25ClN5NaO6. The van der Waals surface area contributed by atoms with Crippen molar-refractivity contribution in [1.82, 2.24) is 15.6 Å². The Bertz CT molecular complexity index is 1000. The van der Waals surface area contributed by atoms with Gasteiger partial charge in [0.05, 0.1) is 23.9 Å². The number of hydrogen-bond donors (Lipinski definition) is 4. The first-order valence-electron chi connectivity index (χ1n) is 10.1. The van der Waals surface area contributed by atoms with Gasteiger partial charge in [0.15, 0.2) is 0 Å². The average Bonchev–Trinajstić information content (AvgIpc) is 2.77. The van der Waals surface area contributed by atoms with E-state index in [4.69, 9.17) is 16.7 Å². The summed E-state index contributed by atoms with van der Waals surface area (Å²) in [7, 11) is 0. The molecule has 13 heteroatoms. The Balaban J connectivity index is 0.00000578. The molecule has 2 amide bonds. The average molecular weight is 502 g/mol. The van der Waals surface area contributed by atoms with Gasteiger partial charge in [-0.2, -0.15) is 0 Å². The van der Waals surface area contributed by atoms with Crippen LogP contribution in [-0.2, 0) is 14.4 Å². The Morgan fingerprint density at radius 1 is 1.18 bits per heavy atom. The van der Waals surface area contributed by atoms with Crippen molar-refractivity contribution >= 4 is 40.9 Å². The molecule has 0 aliphatic rings. The number of halogens is 1. The van der Waals surface area contributed by atoms with E-state index in [1.54, 1.807) is 6.20 Å². The number of pyridine rings is 1. The number of benzene rings is 1. The fraction of sp³-hybridized carbons (Fsp3) is 0.333. The summed E-state index contributed by atoms with van der Waals surface area (Å²) in [4.78, 5) is 49.9. The Hall–Kier alpha value is -2.73. The summed E-state index contributed by atoms with van der Waals surface area (Å²) in [6, 6.07) is 8.28. The number of rotatable bonds is 13. The number of anilines is 1. The number of carboxylic acid groups (broad SMARTS) is 1. The van der Waals surface area contributed by atoms with Crippen molar-refractivity contribution in [2.45, 2.75) is 31.7 Å². The van der Waals surface area contributed by atoms with Crippen LogP contribution >= 0.6 is 11.6 Å². The van der Waals surface area contributed by atoms with Crippen LogP contribution in [0.4, 0.5) is 11.5 Å². The molecule has 0 spiro atoms. The molecule has 34 heavy (non-hydrogen) atoms. The number of nitrogens with one attached hydrogen (secondary N) is 3. The van der Waals surface area contributed by atoms with Crippen molar-refractivity contribution in [2.75, 3.05) is 18.4 Å². The van der Waals surface area contributed by atoms with Gasteiger partial charge in [-0.05, 0) is 36.6 Å². The second-order valence-corrected chi connectivity index (χ2v) is 7.47. The van der Waals surface area contributed by atoms with Gasteiger partial charge in [0, 0.05) is 25.2 Å². The minimum Gasteiger partial charge on any atom is -1.00 e. The summed E-state index contributed by atoms with van der Waals surface area (Å²) in [5.41, 5.74) is -0.182. The Labute approximate surface area is 224 Å². The SMILES string of the molecule is O=C(O)CC(NC(=O)CNC(=O)CCCCNc1ccccn1)c1ccc(Cl)c([N+](=O)[O-])c1.[H-].[Na+]. The van der Waals surface area contributed by atoms with E-state index >= 15 is 0 Å². The number of unbranched alkanes of at least 4 members (excludes halogenated alkanes) is 1. The monoisotopic (exact) mass is 501 g/mol. The Morgan fingerprint density at radius 3 is 2.59 bits per heavy atom.